The number of anilines is 1. The molecule has 11 heteroatoms. The molecule has 44 heavy (non-hydrogen) atoms. The van der Waals surface area contributed by atoms with Crippen LogP contribution in [0, 0.1) is 0 Å². The summed E-state index contributed by atoms with van der Waals surface area (Å²) in [6.07, 6.45) is -0.855. The van der Waals surface area contributed by atoms with Crippen molar-refractivity contribution in [3.63, 3.8) is 0 Å². The van der Waals surface area contributed by atoms with Gasteiger partial charge in [0.15, 0.2) is 0 Å². The van der Waals surface area contributed by atoms with Crippen molar-refractivity contribution in [2.24, 2.45) is 0 Å². The SMILES string of the molecule is COc1ccc(C(OC[C@H]2O[C@@H](n3ccc(NC(C)=O)nc3=O)[C@H]([Se]C)[C@@H]2O)(c2ccccc2)c2ccc(OC)cc2)cc1. The molecule has 230 valence electrons. The second-order valence-electron chi connectivity index (χ2n) is 10.3. The average Bonchev–Trinajstić information content (AvgIpc) is 3.36. The first kappa shape index (κ1) is 31.4. The van der Waals surface area contributed by atoms with E-state index in [2.05, 4.69) is 10.3 Å². The zero-order valence-electron chi connectivity index (χ0n) is 24.9. The summed E-state index contributed by atoms with van der Waals surface area (Å²) in [6, 6.07) is 26.8. The number of benzene rings is 3. The number of rotatable bonds is 11. The molecule has 2 N–H and O–H groups in total. The van der Waals surface area contributed by atoms with E-state index in [9.17, 15) is 14.7 Å². The van der Waals surface area contributed by atoms with Gasteiger partial charge in [-0.05, 0) is 0 Å². The van der Waals surface area contributed by atoms with Gasteiger partial charge in [-0.15, -0.1) is 0 Å². The fourth-order valence-electron chi connectivity index (χ4n) is 5.47. The second-order valence-corrected chi connectivity index (χ2v) is 12.4. The summed E-state index contributed by atoms with van der Waals surface area (Å²) in [4.78, 5) is 28.0. The molecule has 4 aromatic rings. The van der Waals surface area contributed by atoms with E-state index < -0.39 is 29.7 Å². The number of nitrogens with zero attached hydrogens (tertiary/aromatic N) is 2. The van der Waals surface area contributed by atoms with Crippen molar-refractivity contribution in [2.45, 2.75) is 41.6 Å². The molecule has 0 bridgehead atoms. The Balaban J connectivity index is 1.53. The fourth-order valence-corrected chi connectivity index (χ4v) is 7.32. The van der Waals surface area contributed by atoms with Gasteiger partial charge in [0.05, 0.1) is 0 Å². The van der Waals surface area contributed by atoms with Gasteiger partial charge in [0.25, 0.3) is 0 Å². The molecule has 0 aliphatic carbocycles. The van der Waals surface area contributed by atoms with Gasteiger partial charge in [0, 0.05) is 0 Å². The molecule has 1 aromatic heterocycles. The number of aromatic nitrogens is 2. The maximum absolute atomic E-state index is 13.0. The van der Waals surface area contributed by atoms with E-state index in [0.717, 1.165) is 16.7 Å². The number of carbonyl (C=O) groups is 1. The number of aliphatic hydroxyl groups is 1. The molecule has 1 aliphatic rings. The van der Waals surface area contributed by atoms with Crippen LogP contribution in [0.5, 0.6) is 11.5 Å². The van der Waals surface area contributed by atoms with Crippen LogP contribution in [0.1, 0.15) is 29.8 Å². The van der Waals surface area contributed by atoms with Gasteiger partial charge in [-0.25, -0.2) is 0 Å². The minimum absolute atomic E-state index is 0.0172. The monoisotopic (exact) mass is 665 g/mol. The molecule has 1 aliphatic heterocycles. The first-order chi connectivity index (χ1) is 21.3. The van der Waals surface area contributed by atoms with Crippen molar-refractivity contribution >= 4 is 26.7 Å². The summed E-state index contributed by atoms with van der Waals surface area (Å²) in [5.41, 5.74) is 0.906. The molecule has 0 unspecified atom stereocenters. The Morgan fingerprint density at radius 2 is 1.52 bits per heavy atom. The number of ether oxygens (including phenoxy) is 4. The first-order valence-corrected chi connectivity index (χ1v) is 16.7. The van der Waals surface area contributed by atoms with E-state index in [4.69, 9.17) is 18.9 Å². The molecule has 3 aromatic carbocycles. The van der Waals surface area contributed by atoms with Crippen LogP contribution in [0.4, 0.5) is 5.82 Å². The molecule has 1 amide bonds. The number of nitrogens with one attached hydrogen (secondary N) is 1. The van der Waals surface area contributed by atoms with Crippen LogP contribution in [0.15, 0.2) is 95.9 Å². The number of amides is 1. The van der Waals surface area contributed by atoms with Gasteiger partial charge in [0.2, 0.25) is 0 Å². The standard InChI is InChI=1S/C33H35N3O7Se/c1-21(37)34-28-18-19-36(32(39)35-28)31-30(44-4)29(38)27(43-31)20-42-33(22-8-6-5-7-9-22,23-10-14-25(40-2)15-11-23)24-12-16-26(41-3)17-13-24/h5-19,27,29-31,38H,20H2,1-4H3,(H,34,35,37,39)/t27-,29-,30-,31-/m1/s1. The van der Waals surface area contributed by atoms with Gasteiger partial charge >= 0.3 is 263 Å². The van der Waals surface area contributed by atoms with Crippen LogP contribution in [0.2, 0.25) is 10.6 Å². The molecule has 0 spiro atoms. The number of carbonyl (C=O) groups excluding carboxylic acids is 1. The van der Waals surface area contributed by atoms with Gasteiger partial charge in [-0.1, -0.05) is 0 Å². The van der Waals surface area contributed by atoms with E-state index in [1.54, 1.807) is 14.2 Å². The Morgan fingerprint density at radius 1 is 0.955 bits per heavy atom. The fraction of sp³-hybridized carbons (Fsp3) is 0.303. The van der Waals surface area contributed by atoms with E-state index in [1.165, 1.54) is 23.8 Å². The summed E-state index contributed by atoms with van der Waals surface area (Å²) in [7, 11) is 3.24. The second kappa shape index (κ2) is 13.8. The third-order valence-corrected chi connectivity index (χ3v) is 9.85. The maximum atomic E-state index is 13.0. The molecule has 2 heterocycles. The molecule has 0 radical (unpaired) electrons. The quantitative estimate of drug-likeness (QED) is 0.182. The van der Waals surface area contributed by atoms with E-state index in [0.29, 0.717) is 11.5 Å². The van der Waals surface area contributed by atoms with Gasteiger partial charge in [0.1, 0.15) is 0 Å². The van der Waals surface area contributed by atoms with Gasteiger partial charge in [-0.3, -0.25) is 0 Å². The average molecular weight is 665 g/mol. The number of hydrogen-bond acceptors (Lipinski definition) is 8. The van der Waals surface area contributed by atoms with Crippen molar-refractivity contribution in [3.8, 4) is 11.5 Å². The van der Waals surface area contributed by atoms with Gasteiger partial charge < -0.3 is 0 Å². The van der Waals surface area contributed by atoms with Gasteiger partial charge in [-0.2, -0.15) is 0 Å². The Morgan fingerprint density at radius 3 is 2.02 bits per heavy atom. The van der Waals surface area contributed by atoms with Crippen molar-refractivity contribution in [2.75, 3.05) is 26.1 Å². The predicted molar refractivity (Wildman–Crippen MR) is 166 cm³/mol. The predicted octanol–water partition coefficient (Wildman–Crippen LogP) is 4.03. The number of aliphatic hydroxyl groups excluding tert-OH is 1. The van der Waals surface area contributed by atoms with Crippen LogP contribution >= 0.6 is 0 Å². The minimum atomic E-state index is -1.09. The Labute approximate surface area is 262 Å². The van der Waals surface area contributed by atoms with Crippen LogP contribution in [-0.4, -0.2) is 68.6 Å². The van der Waals surface area contributed by atoms with Crippen molar-refractivity contribution in [1.82, 2.24) is 9.55 Å². The third kappa shape index (κ3) is 6.29. The summed E-state index contributed by atoms with van der Waals surface area (Å²) >= 11 is -0.0862. The third-order valence-electron chi connectivity index (χ3n) is 7.63. The number of hydrogen-bond donors (Lipinski definition) is 2. The zero-order valence-corrected chi connectivity index (χ0v) is 26.6. The Bertz CT molecular complexity index is 1570. The van der Waals surface area contributed by atoms with E-state index in [-0.39, 0.29) is 38.1 Å². The van der Waals surface area contributed by atoms with Crippen molar-refractivity contribution in [3.05, 3.63) is 118 Å². The normalized spacial score (nSPS) is 19.8. The van der Waals surface area contributed by atoms with E-state index in [1.807, 2.05) is 84.7 Å². The topological polar surface area (TPSA) is 121 Å². The molecule has 0 saturated carbocycles. The Kier molecular flexibility index (Phi) is 9.83. The summed E-state index contributed by atoms with van der Waals surface area (Å²) < 4.78 is 25.6. The summed E-state index contributed by atoms with van der Waals surface area (Å²) in [6.45, 7) is 1.36. The summed E-state index contributed by atoms with van der Waals surface area (Å²) in [5.74, 6) is 3.24. The molecular formula is C33H35N3O7Se. The first-order valence-electron chi connectivity index (χ1n) is 14.0. The van der Waals surface area contributed by atoms with Crippen molar-refractivity contribution < 1.29 is 28.8 Å². The number of methoxy groups -OCH3 is 2. The summed E-state index contributed by atoms with van der Waals surface area (Å²) in [5, 5.41) is 14.0. The molecular weight excluding hydrogens is 629 g/mol. The zero-order chi connectivity index (χ0) is 31.3. The Hall–Kier alpha value is -3.99. The van der Waals surface area contributed by atoms with Crippen LogP contribution in [0.3, 0.4) is 0 Å². The molecule has 1 saturated heterocycles. The van der Waals surface area contributed by atoms with Crippen LogP contribution < -0.4 is 20.5 Å². The van der Waals surface area contributed by atoms with Crippen LogP contribution in [0.25, 0.3) is 0 Å². The van der Waals surface area contributed by atoms with E-state index >= 15 is 0 Å². The molecule has 1 fully saturated rings. The molecule has 10 nitrogen and oxygen atoms in total. The van der Waals surface area contributed by atoms with Crippen LogP contribution in [-0.2, 0) is 19.9 Å². The molecule has 5 rings (SSSR count). The van der Waals surface area contributed by atoms with Crippen molar-refractivity contribution in [1.29, 1.82) is 0 Å². The molecule has 4 atom stereocenters.